The van der Waals surface area contributed by atoms with Gasteiger partial charge in [0.25, 0.3) is 0 Å². The molecular formula is C129H226O16. The second-order valence-corrected chi connectivity index (χ2v) is 56.6. The van der Waals surface area contributed by atoms with E-state index in [1.165, 1.54) is 96.3 Å². The minimum atomic E-state index is -0.835. The van der Waals surface area contributed by atoms with Crippen molar-refractivity contribution in [3.8, 4) is 0 Å². The van der Waals surface area contributed by atoms with Crippen LogP contribution in [0.2, 0.25) is 0 Å². The number of hydrogen-bond donors (Lipinski definition) is 1. The summed E-state index contributed by atoms with van der Waals surface area (Å²) in [6.45, 7) is 49.8. The van der Waals surface area contributed by atoms with Crippen LogP contribution in [0.15, 0.2) is 0 Å². The Balaban J connectivity index is 0.000000177. The average molecular weight is 2030 g/mol. The second kappa shape index (κ2) is 44.5. The zero-order valence-electron chi connectivity index (χ0n) is 86.1. The number of esters is 7. The maximum Gasteiger partial charge on any atom is 0.347 e. The standard InChI is InChI=1S/C26H38O2.C20H30O3.C19H28O6.2C19H30O2.C14H22O.12CH4/c1-12-13(2)20-11-19(12)23-16-9-21(24(20)23)22(10-16)25(27)28-26(3)17-5-14-4-15(7-17)8-18(26)6-14;1-10-11(2)14-9-13(10)18-12-7-15(19(14)18)16(8-12)20(21)23-17-5-3-4-6-22-17;1-9-10(2)12-8-11(9)14(15(12)18(22)25-19(3,4)5)17(21)24-13-6-7-23-16(13)20;2*1-9-10(2)13-8-12(9)16-11-6-14(17(13)16)15(7-11)18(20)21-19(3,4)5;1-6-7(2)10-5-9(6)13-8-3-11(14(10)13)12(15)4-8;;;;;;;;;;;;/h12-24H,4-11H2,1-3H3;10-19H,3-9H2,1-2H3;9-15H,6-8H2,1-5H3;2*9-17H,6-8H2,1-5H3;6-15H,3-5H2,1-2H3;12*1H4. The van der Waals surface area contributed by atoms with Gasteiger partial charge in [0, 0.05) is 12.8 Å². The van der Waals surface area contributed by atoms with Crippen molar-refractivity contribution in [2.75, 3.05) is 13.2 Å². The van der Waals surface area contributed by atoms with Gasteiger partial charge in [-0.05, 0) is 501 Å². The molecule has 28 fully saturated rings. The fourth-order valence-corrected chi connectivity index (χ4v) is 43.4. The number of carbonyl (C=O) groups is 7. The van der Waals surface area contributed by atoms with Gasteiger partial charge < -0.3 is 43.0 Å². The summed E-state index contributed by atoms with van der Waals surface area (Å²) < 4.78 is 45.3. The summed E-state index contributed by atoms with van der Waals surface area (Å²) in [7, 11) is 0. The molecule has 145 heavy (non-hydrogen) atoms. The fourth-order valence-electron chi connectivity index (χ4n) is 43.4. The number of carbonyl (C=O) groups excluding carboxylic acids is 7. The van der Waals surface area contributed by atoms with E-state index in [0.717, 1.165) is 283 Å². The van der Waals surface area contributed by atoms with Gasteiger partial charge in [0.2, 0.25) is 12.4 Å². The third-order valence-corrected chi connectivity index (χ3v) is 48.8. The molecule has 0 aromatic carbocycles. The van der Waals surface area contributed by atoms with Crippen LogP contribution in [0.1, 0.15) is 402 Å². The summed E-state index contributed by atoms with van der Waals surface area (Å²) in [4.78, 5) is 88.7. The van der Waals surface area contributed by atoms with Crippen LogP contribution in [0.4, 0.5) is 0 Å². The van der Waals surface area contributed by atoms with Crippen LogP contribution < -0.4 is 0 Å². The summed E-state index contributed by atoms with van der Waals surface area (Å²) in [6, 6.07) is 0. The highest BCUT2D eigenvalue weighted by Crippen LogP contribution is 2.78. The molecule has 0 radical (unpaired) electrons. The van der Waals surface area contributed by atoms with Gasteiger partial charge in [0.15, 0.2) is 0 Å². The zero-order chi connectivity index (χ0) is 93.7. The topological polar surface area (TPSA) is 214 Å². The van der Waals surface area contributed by atoms with Gasteiger partial charge in [-0.2, -0.15) is 0 Å². The Bertz CT molecular complexity index is 4290. The van der Waals surface area contributed by atoms with Crippen molar-refractivity contribution in [2.24, 2.45) is 320 Å². The van der Waals surface area contributed by atoms with Crippen molar-refractivity contribution in [2.45, 2.75) is 443 Å². The van der Waals surface area contributed by atoms with E-state index in [2.05, 4.69) is 90.0 Å². The zero-order valence-corrected chi connectivity index (χ0v) is 86.1. The van der Waals surface area contributed by atoms with Crippen LogP contribution in [0.5, 0.6) is 0 Å². The van der Waals surface area contributed by atoms with Gasteiger partial charge in [0.1, 0.15) is 22.4 Å². The summed E-state index contributed by atoms with van der Waals surface area (Å²) in [5.41, 5.74) is -1.41. The van der Waals surface area contributed by atoms with Gasteiger partial charge in [0.05, 0.1) is 54.8 Å². The maximum absolute atomic E-state index is 13.6. The van der Waals surface area contributed by atoms with Crippen LogP contribution in [0, 0.1) is 320 Å². The molecule has 28 rings (SSSR count). The number of rotatable bonds is 9. The molecule has 26 saturated carbocycles. The summed E-state index contributed by atoms with van der Waals surface area (Å²) >= 11 is 0. The van der Waals surface area contributed by atoms with Gasteiger partial charge in [-0.15, -0.1) is 0 Å². The van der Waals surface area contributed by atoms with Gasteiger partial charge in [-0.3, -0.25) is 28.8 Å². The van der Waals surface area contributed by atoms with E-state index in [4.69, 9.17) is 37.9 Å². The Labute approximate surface area is 888 Å². The van der Waals surface area contributed by atoms with Gasteiger partial charge in [-0.25, -0.2) is 4.79 Å². The molecule has 2 saturated heterocycles. The molecule has 0 aromatic rings. The summed E-state index contributed by atoms with van der Waals surface area (Å²) in [5, 5.41) is 10.0. The lowest BCUT2D eigenvalue weighted by Gasteiger charge is -2.59. The van der Waals surface area contributed by atoms with Crippen molar-refractivity contribution in [1.82, 2.24) is 0 Å². The van der Waals surface area contributed by atoms with Crippen LogP contribution in [-0.2, 0) is 71.5 Å². The average Bonchev–Trinajstić information content (AvgIpc) is 1.56. The molecule has 53 unspecified atom stereocenters. The Morgan fingerprint density at radius 3 is 0.890 bits per heavy atom. The minimum absolute atomic E-state index is 0. The molecule has 26 bridgehead atoms. The molecule has 16 nitrogen and oxygen atoms in total. The van der Waals surface area contributed by atoms with Gasteiger partial charge >= 0.3 is 41.8 Å². The lowest BCUT2D eigenvalue weighted by atomic mass is 9.50. The number of aliphatic hydroxyl groups is 1. The Morgan fingerprint density at radius 2 is 0.572 bits per heavy atom. The highest BCUT2D eigenvalue weighted by Gasteiger charge is 2.74. The molecule has 838 valence electrons. The quantitative estimate of drug-likeness (QED) is 0.129. The smallest absolute Gasteiger partial charge is 0.347 e. The molecule has 28 aliphatic rings. The molecular weight excluding hydrogens is 1810 g/mol. The van der Waals surface area contributed by atoms with Gasteiger partial charge in [-0.1, -0.05) is 172 Å². The number of hydrogen-bond acceptors (Lipinski definition) is 16. The normalized spacial score (nSPS) is 51.4. The van der Waals surface area contributed by atoms with E-state index in [-0.39, 0.29) is 190 Å². The lowest BCUT2D eigenvalue weighted by Crippen LogP contribution is -2.58. The highest BCUT2D eigenvalue weighted by molar-refractivity contribution is 5.87. The SMILES string of the molecule is C.C.C.C.C.C.C.C.C.C.C.C.CC1C(C)C2CC1C(C(=O)OC1CCOC1=O)C2C(=O)OC(C)(C)C.CC1C(C)C2CC1C1C3CC(C(=O)OC(C)(C)C)C(C3)C21.CC1C(C)C2CC1C1C3CC(C(=O)OC(C)(C)C)C(C3)C21.CC1C(C)C2CC1C1C3CC(C(=O)OC4(C)C5CC6CC(C5)CC4C6)C(C3)C21.CC1C(C)C2CC1C1C3CC(C(=O)OC4CCCCO4)C(C3)C21.CC1C(C)C2CC1C1C3CC(O)C(C3)C21. The number of cyclic esters (lactones) is 1. The first-order valence-corrected chi connectivity index (χ1v) is 56.7. The fraction of sp³-hybridized carbons (Fsp3) is 0.946. The molecule has 16 heteroatoms. The van der Waals surface area contributed by atoms with Crippen molar-refractivity contribution in [1.29, 1.82) is 0 Å². The van der Waals surface area contributed by atoms with Crippen LogP contribution in [0.3, 0.4) is 0 Å². The number of fused-ring (bicyclic) bond motifs is 47. The first-order valence-electron chi connectivity index (χ1n) is 56.7. The first-order chi connectivity index (χ1) is 62.9. The first kappa shape index (κ1) is 123. The minimum Gasteiger partial charge on any atom is -0.463 e. The third-order valence-electron chi connectivity index (χ3n) is 48.8. The van der Waals surface area contributed by atoms with E-state index in [0.29, 0.717) is 59.7 Å². The summed E-state index contributed by atoms with van der Waals surface area (Å²) in [5.74, 6) is 38.2. The summed E-state index contributed by atoms with van der Waals surface area (Å²) in [6.07, 6.45) is 29.7. The van der Waals surface area contributed by atoms with E-state index >= 15 is 0 Å². The maximum atomic E-state index is 13.6. The van der Waals surface area contributed by atoms with E-state index in [9.17, 15) is 38.7 Å². The molecule has 53 atom stereocenters. The molecule has 0 amide bonds. The molecule has 0 spiro atoms. The predicted molar refractivity (Wildman–Crippen MR) is 587 cm³/mol. The van der Waals surface area contributed by atoms with Crippen molar-refractivity contribution < 1.29 is 76.6 Å². The van der Waals surface area contributed by atoms with Crippen LogP contribution >= 0.6 is 0 Å². The Kier molecular flexibility index (Phi) is 37.7. The Hall–Kier alpha value is -3.79. The second-order valence-electron chi connectivity index (χ2n) is 56.6. The largest absolute Gasteiger partial charge is 0.463 e. The molecule has 1 N–H and O–H groups in total. The third kappa shape index (κ3) is 20.0. The van der Waals surface area contributed by atoms with Crippen LogP contribution in [-0.4, -0.2) is 101 Å². The molecule has 2 heterocycles. The van der Waals surface area contributed by atoms with Crippen molar-refractivity contribution in [3.05, 3.63) is 0 Å². The monoisotopic (exact) mass is 2030 g/mol. The van der Waals surface area contributed by atoms with E-state index in [1.54, 1.807) is 0 Å². The van der Waals surface area contributed by atoms with E-state index < -0.39 is 35.5 Å². The molecule has 0 aromatic heterocycles. The molecule has 26 aliphatic carbocycles. The van der Waals surface area contributed by atoms with Crippen molar-refractivity contribution in [3.63, 3.8) is 0 Å². The van der Waals surface area contributed by atoms with Crippen LogP contribution in [0.25, 0.3) is 0 Å². The highest BCUT2D eigenvalue weighted by atomic mass is 16.7. The van der Waals surface area contributed by atoms with Crippen molar-refractivity contribution >= 4 is 41.8 Å². The predicted octanol–water partition coefficient (Wildman–Crippen LogP) is 30.2. The molecule has 2 aliphatic heterocycles. The Morgan fingerprint density at radius 1 is 0.290 bits per heavy atom. The number of aliphatic hydroxyl groups excluding tert-OH is 1. The van der Waals surface area contributed by atoms with E-state index in [1.807, 2.05) is 62.3 Å². The number of ether oxygens (including phenoxy) is 8. The lowest BCUT2D eigenvalue weighted by molar-refractivity contribution is -0.209.